The number of carbonyl (C=O) groups excluding carboxylic acids is 1. The standard InChI is InChI=1S/C28H27ClN6O3/c1-16-12-20-21(13-19(16)27(36)34-10-4-5-11-34)31-26(30-20)23-24(29)25-22(15-33(2)32-25)35(28(23)37)14-17-6-8-18(38-3)9-7-17/h6-9,12-13,15H,4-5,10-11,14H2,1-3H3,(H,30,31). The second-order valence-corrected chi connectivity index (χ2v) is 10.1. The number of pyridine rings is 1. The number of halogens is 1. The zero-order chi connectivity index (χ0) is 26.6. The SMILES string of the molecule is COc1ccc(Cn2c(=O)c(-c3nc4cc(C)c(C(=O)N5CCCC5)cc4[nH]3)c(Cl)c3nn(C)cc32)cc1. The summed E-state index contributed by atoms with van der Waals surface area (Å²) in [7, 11) is 3.41. The summed E-state index contributed by atoms with van der Waals surface area (Å²) in [5.41, 5.74) is 4.85. The van der Waals surface area contributed by atoms with Crippen molar-refractivity contribution in [2.75, 3.05) is 20.2 Å². The Labute approximate surface area is 223 Å². The lowest BCUT2D eigenvalue weighted by Gasteiger charge is -2.16. The predicted octanol–water partition coefficient (Wildman–Crippen LogP) is 4.53. The van der Waals surface area contributed by atoms with Crippen molar-refractivity contribution in [1.29, 1.82) is 0 Å². The molecule has 10 heteroatoms. The number of likely N-dealkylation sites (tertiary alicyclic amines) is 1. The molecule has 1 saturated heterocycles. The summed E-state index contributed by atoms with van der Waals surface area (Å²) < 4.78 is 8.56. The Morgan fingerprint density at radius 1 is 1.16 bits per heavy atom. The molecule has 4 heterocycles. The van der Waals surface area contributed by atoms with Crippen LogP contribution in [0.5, 0.6) is 5.75 Å². The van der Waals surface area contributed by atoms with Crippen LogP contribution in [0, 0.1) is 6.92 Å². The third-order valence-corrected chi connectivity index (χ3v) is 7.54. The average Bonchev–Trinajstić information content (AvgIpc) is 3.66. The molecule has 0 saturated carbocycles. The number of amides is 1. The molecule has 3 aromatic heterocycles. The van der Waals surface area contributed by atoms with Crippen LogP contribution in [0.25, 0.3) is 33.5 Å². The number of aromatic amines is 1. The number of nitrogens with one attached hydrogen (secondary N) is 1. The first-order chi connectivity index (χ1) is 18.3. The van der Waals surface area contributed by atoms with Gasteiger partial charge in [0.2, 0.25) is 0 Å². The van der Waals surface area contributed by atoms with Crippen molar-refractivity contribution in [1.82, 2.24) is 29.2 Å². The zero-order valence-electron chi connectivity index (χ0n) is 21.4. The fraction of sp³-hybridized carbons (Fsp3) is 0.286. The lowest BCUT2D eigenvalue weighted by Crippen LogP contribution is -2.28. The van der Waals surface area contributed by atoms with E-state index in [4.69, 9.17) is 21.3 Å². The van der Waals surface area contributed by atoms with E-state index >= 15 is 0 Å². The van der Waals surface area contributed by atoms with E-state index in [9.17, 15) is 9.59 Å². The topological polar surface area (TPSA) is 98.0 Å². The van der Waals surface area contributed by atoms with Gasteiger partial charge in [0.05, 0.1) is 35.2 Å². The lowest BCUT2D eigenvalue weighted by atomic mass is 10.1. The van der Waals surface area contributed by atoms with Crippen LogP contribution in [0.15, 0.2) is 47.4 Å². The molecule has 2 aromatic carbocycles. The summed E-state index contributed by atoms with van der Waals surface area (Å²) in [6, 6.07) is 11.3. The van der Waals surface area contributed by atoms with Gasteiger partial charge in [-0.1, -0.05) is 23.7 Å². The fourth-order valence-electron chi connectivity index (χ4n) is 5.16. The smallest absolute Gasteiger partial charge is 0.264 e. The summed E-state index contributed by atoms with van der Waals surface area (Å²) in [6.45, 7) is 3.78. The number of rotatable bonds is 5. The fourth-order valence-corrected chi connectivity index (χ4v) is 5.47. The van der Waals surface area contributed by atoms with Crippen molar-refractivity contribution < 1.29 is 9.53 Å². The quantitative estimate of drug-likeness (QED) is 0.360. The molecule has 9 nitrogen and oxygen atoms in total. The van der Waals surface area contributed by atoms with Crippen molar-refractivity contribution in [2.45, 2.75) is 26.3 Å². The predicted molar refractivity (Wildman–Crippen MR) is 147 cm³/mol. The van der Waals surface area contributed by atoms with Gasteiger partial charge in [0.15, 0.2) is 0 Å². The van der Waals surface area contributed by atoms with Gasteiger partial charge in [-0.25, -0.2) is 4.98 Å². The van der Waals surface area contributed by atoms with Crippen LogP contribution < -0.4 is 10.3 Å². The molecule has 0 bridgehead atoms. The highest BCUT2D eigenvalue weighted by Crippen LogP contribution is 2.32. The molecule has 0 atom stereocenters. The largest absolute Gasteiger partial charge is 0.497 e. The first kappa shape index (κ1) is 24.2. The number of nitrogens with zero attached hydrogens (tertiary/aromatic N) is 5. The molecule has 1 amide bonds. The first-order valence-electron chi connectivity index (χ1n) is 12.5. The maximum absolute atomic E-state index is 13.9. The monoisotopic (exact) mass is 530 g/mol. The van der Waals surface area contributed by atoms with Crippen LogP contribution >= 0.6 is 11.6 Å². The number of fused-ring (bicyclic) bond motifs is 2. The summed E-state index contributed by atoms with van der Waals surface area (Å²) in [4.78, 5) is 36.9. The highest BCUT2D eigenvalue weighted by atomic mass is 35.5. The number of methoxy groups -OCH3 is 1. The van der Waals surface area contributed by atoms with Gasteiger partial charge in [-0.3, -0.25) is 14.3 Å². The van der Waals surface area contributed by atoms with Crippen molar-refractivity contribution in [2.24, 2.45) is 7.05 Å². The molecule has 6 rings (SSSR count). The van der Waals surface area contributed by atoms with Gasteiger partial charge in [-0.15, -0.1) is 0 Å². The summed E-state index contributed by atoms with van der Waals surface area (Å²) in [6.07, 6.45) is 3.84. The summed E-state index contributed by atoms with van der Waals surface area (Å²) in [5, 5.41) is 4.77. The van der Waals surface area contributed by atoms with Crippen LogP contribution in [0.4, 0.5) is 0 Å². The molecule has 194 valence electrons. The van der Waals surface area contributed by atoms with E-state index in [-0.39, 0.29) is 22.1 Å². The number of ether oxygens (including phenoxy) is 1. The highest BCUT2D eigenvalue weighted by molar-refractivity contribution is 6.37. The molecule has 0 unspecified atom stereocenters. The second kappa shape index (κ2) is 9.33. The second-order valence-electron chi connectivity index (χ2n) is 9.73. The average molecular weight is 531 g/mol. The molecular weight excluding hydrogens is 504 g/mol. The summed E-state index contributed by atoms with van der Waals surface area (Å²) >= 11 is 6.81. The number of hydrogen-bond acceptors (Lipinski definition) is 5. The maximum Gasteiger partial charge on any atom is 0.264 e. The molecule has 1 aliphatic rings. The van der Waals surface area contributed by atoms with E-state index in [1.165, 1.54) is 0 Å². The lowest BCUT2D eigenvalue weighted by molar-refractivity contribution is 0.0792. The number of aromatic nitrogens is 5. The number of aryl methyl sites for hydroxylation is 2. The Balaban J connectivity index is 1.48. The van der Waals surface area contributed by atoms with Crippen molar-refractivity contribution in [3.8, 4) is 17.1 Å². The van der Waals surface area contributed by atoms with Crippen LogP contribution in [-0.4, -0.2) is 55.3 Å². The Hall–Kier alpha value is -4.11. The molecule has 5 aromatic rings. The van der Waals surface area contributed by atoms with Gasteiger partial charge in [-0.05, 0) is 55.2 Å². The molecule has 0 spiro atoms. The first-order valence-corrected chi connectivity index (χ1v) is 12.9. The molecule has 1 N–H and O–H groups in total. The van der Waals surface area contributed by atoms with Gasteiger partial charge in [-0.2, -0.15) is 5.10 Å². The van der Waals surface area contributed by atoms with Gasteiger partial charge in [0, 0.05) is 31.9 Å². The van der Waals surface area contributed by atoms with Crippen LogP contribution in [0.3, 0.4) is 0 Å². The van der Waals surface area contributed by atoms with E-state index in [2.05, 4.69) is 10.1 Å². The third kappa shape index (κ3) is 4.03. The zero-order valence-corrected chi connectivity index (χ0v) is 22.2. The minimum Gasteiger partial charge on any atom is -0.497 e. The maximum atomic E-state index is 13.9. The number of benzene rings is 2. The number of H-pyrrole nitrogens is 1. The Bertz CT molecular complexity index is 1760. The normalized spacial score (nSPS) is 13.6. The van der Waals surface area contributed by atoms with E-state index in [1.807, 2.05) is 48.2 Å². The van der Waals surface area contributed by atoms with Crippen molar-refractivity contribution >= 4 is 39.6 Å². The minimum absolute atomic E-state index is 0.0211. The van der Waals surface area contributed by atoms with E-state index in [0.717, 1.165) is 42.8 Å². The summed E-state index contributed by atoms with van der Waals surface area (Å²) in [5.74, 6) is 1.11. The van der Waals surface area contributed by atoms with E-state index < -0.39 is 0 Å². The van der Waals surface area contributed by atoms with Gasteiger partial charge < -0.3 is 19.2 Å². The Morgan fingerprint density at radius 2 is 1.89 bits per heavy atom. The molecule has 1 aliphatic heterocycles. The van der Waals surface area contributed by atoms with Gasteiger partial charge in [0.1, 0.15) is 22.7 Å². The molecule has 0 radical (unpaired) electrons. The minimum atomic E-state index is -0.282. The van der Waals surface area contributed by atoms with Crippen molar-refractivity contribution in [3.63, 3.8) is 0 Å². The van der Waals surface area contributed by atoms with Crippen LogP contribution in [0.1, 0.15) is 34.3 Å². The Kier molecular flexibility index (Phi) is 5.95. The molecule has 1 fully saturated rings. The molecule has 38 heavy (non-hydrogen) atoms. The molecular formula is C28H27ClN6O3. The van der Waals surface area contributed by atoms with Crippen molar-refractivity contribution in [3.05, 3.63) is 74.7 Å². The van der Waals surface area contributed by atoms with Crippen LogP contribution in [0.2, 0.25) is 5.02 Å². The number of carbonyl (C=O) groups is 1. The van der Waals surface area contributed by atoms with Gasteiger partial charge >= 0.3 is 0 Å². The van der Waals surface area contributed by atoms with Crippen LogP contribution in [-0.2, 0) is 13.6 Å². The number of imidazole rings is 1. The Morgan fingerprint density at radius 3 is 2.61 bits per heavy atom. The van der Waals surface area contributed by atoms with E-state index in [0.29, 0.717) is 40.0 Å². The third-order valence-electron chi connectivity index (χ3n) is 7.17. The van der Waals surface area contributed by atoms with E-state index in [1.54, 1.807) is 29.6 Å². The molecule has 0 aliphatic carbocycles. The van der Waals surface area contributed by atoms with Gasteiger partial charge in [0.25, 0.3) is 11.5 Å². The number of hydrogen-bond donors (Lipinski definition) is 1. The highest BCUT2D eigenvalue weighted by Gasteiger charge is 2.24.